The Hall–Kier alpha value is -1.89. The van der Waals surface area contributed by atoms with Crippen LogP contribution in [0.1, 0.15) is 50.5 Å². The van der Waals surface area contributed by atoms with Gasteiger partial charge in [-0.1, -0.05) is 68.6 Å². The fraction of sp³-hybridized carbons (Fsp3) is 0.500. The molecule has 0 atom stereocenters. The van der Waals surface area contributed by atoms with Gasteiger partial charge in [0.15, 0.2) is 24.0 Å². The van der Waals surface area contributed by atoms with Crippen LogP contribution in [-0.4, -0.2) is 21.6 Å². The maximum Gasteiger partial charge on any atom is 0.422 e. The number of alkyl halides is 3. The van der Waals surface area contributed by atoms with Crippen molar-refractivity contribution < 1.29 is 26.7 Å². The van der Waals surface area contributed by atoms with Gasteiger partial charge >= 0.3 is 6.18 Å². The Morgan fingerprint density at radius 1 is 0.935 bits per heavy atom. The lowest BCUT2D eigenvalue weighted by Gasteiger charge is -2.28. The summed E-state index contributed by atoms with van der Waals surface area (Å²) in [5, 5.41) is 0. The Morgan fingerprint density at radius 2 is 1.55 bits per heavy atom. The van der Waals surface area contributed by atoms with E-state index in [-0.39, 0.29) is 5.56 Å². The van der Waals surface area contributed by atoms with Gasteiger partial charge in [-0.2, -0.15) is 13.2 Å². The molecule has 0 spiro atoms. The second-order valence-electron chi connectivity index (χ2n) is 8.51. The Labute approximate surface area is 182 Å². The minimum Gasteiger partial charge on any atom is -0.478 e. The lowest BCUT2D eigenvalue weighted by molar-refractivity contribution is -0.154. The summed E-state index contributed by atoms with van der Waals surface area (Å²) >= 11 is 0. The van der Waals surface area contributed by atoms with Gasteiger partial charge in [-0.05, 0) is 47.6 Å². The number of hydrogen-bond acceptors (Lipinski definition) is 1. The molecule has 0 aromatic heterocycles. The molecule has 0 amide bonds. The summed E-state index contributed by atoms with van der Waals surface area (Å²) in [7, 11) is -0.578. The van der Waals surface area contributed by atoms with E-state index in [9.17, 15) is 22.0 Å². The van der Waals surface area contributed by atoms with Gasteiger partial charge in [0.05, 0.1) is 0 Å². The van der Waals surface area contributed by atoms with E-state index in [0.717, 1.165) is 12.1 Å². The zero-order valence-corrected chi connectivity index (χ0v) is 18.9. The minimum absolute atomic E-state index is 0.271. The van der Waals surface area contributed by atoms with Crippen molar-refractivity contribution in [3.8, 4) is 16.9 Å². The van der Waals surface area contributed by atoms with Crippen LogP contribution in [0.4, 0.5) is 22.0 Å². The van der Waals surface area contributed by atoms with Crippen molar-refractivity contribution in [1.29, 1.82) is 0 Å². The minimum atomic E-state index is -4.66. The van der Waals surface area contributed by atoms with Crippen LogP contribution in [0.3, 0.4) is 0 Å². The summed E-state index contributed by atoms with van der Waals surface area (Å²) in [6.45, 7) is 0.500. The molecule has 1 heterocycles. The largest absolute Gasteiger partial charge is 0.478 e. The Balaban J connectivity index is 1.63. The molecule has 2 aromatic rings. The van der Waals surface area contributed by atoms with Crippen molar-refractivity contribution in [3.05, 3.63) is 53.6 Å². The van der Waals surface area contributed by atoms with Gasteiger partial charge in [-0.25, -0.2) is 8.78 Å². The number of benzene rings is 2. The van der Waals surface area contributed by atoms with Crippen LogP contribution in [0.5, 0.6) is 5.75 Å². The molecule has 0 radical (unpaired) electrons. The predicted octanol–water partition coefficient (Wildman–Crippen LogP) is 7.87. The second kappa shape index (κ2) is 10.6. The van der Waals surface area contributed by atoms with Gasteiger partial charge in [0.2, 0.25) is 0 Å². The zero-order valence-electron chi connectivity index (χ0n) is 17.8. The third-order valence-corrected chi connectivity index (χ3v) is 9.68. The molecule has 0 unspecified atom stereocenters. The predicted molar refractivity (Wildman–Crippen MR) is 116 cm³/mol. The molecule has 1 saturated heterocycles. The van der Waals surface area contributed by atoms with E-state index < -0.39 is 39.0 Å². The summed E-state index contributed by atoms with van der Waals surface area (Å²) in [4.78, 5) is 0. The number of unbranched alkanes of at least 4 members (excludes halogenated alkanes) is 2. The number of ether oxygens (including phenoxy) is 1. The van der Waals surface area contributed by atoms with E-state index in [2.05, 4.69) is 11.7 Å². The highest BCUT2D eigenvalue weighted by Crippen LogP contribution is 2.36. The van der Waals surface area contributed by atoms with Gasteiger partial charge in [0.25, 0.3) is 0 Å². The van der Waals surface area contributed by atoms with Gasteiger partial charge < -0.3 is 4.74 Å². The van der Waals surface area contributed by atoms with Gasteiger partial charge in [-0.3, -0.25) is 0 Å². The summed E-state index contributed by atoms with van der Waals surface area (Å²) in [6.07, 6.45) is 1.76. The monoisotopic (exact) mass is 456 g/mol. The summed E-state index contributed by atoms with van der Waals surface area (Å²) < 4.78 is 69.4. The highest BCUT2D eigenvalue weighted by Gasteiger charge is 2.30. The molecular weight excluding hydrogens is 427 g/mol. The molecule has 1 aliphatic heterocycles. The highest BCUT2D eigenvalue weighted by molar-refractivity contribution is 6.59. The van der Waals surface area contributed by atoms with E-state index in [1.807, 2.05) is 24.3 Å². The van der Waals surface area contributed by atoms with Crippen molar-refractivity contribution in [2.45, 2.75) is 69.3 Å². The molecule has 1 nitrogen and oxygen atoms in total. The van der Waals surface area contributed by atoms with Crippen molar-refractivity contribution in [2.24, 2.45) is 0 Å². The number of halogens is 5. The highest BCUT2D eigenvalue weighted by atomic mass is 28.3. The molecule has 170 valence electrons. The maximum absolute atomic E-state index is 14.2. The maximum atomic E-state index is 14.2. The summed E-state index contributed by atoms with van der Waals surface area (Å²) in [5.41, 5.74) is 2.13. The lowest BCUT2D eigenvalue weighted by atomic mass is 9.92. The first kappa shape index (κ1) is 23.8. The molecule has 7 heteroatoms. The SMILES string of the molecule is CCCCC[SiH]1CCC(c2ccc(-c3cc(F)c(OCC(F)(F)F)c(F)c3)cc2)CC1. The van der Waals surface area contributed by atoms with Crippen molar-refractivity contribution in [3.63, 3.8) is 0 Å². The molecule has 1 aliphatic rings. The smallest absolute Gasteiger partial charge is 0.422 e. The molecule has 0 aliphatic carbocycles. The van der Waals surface area contributed by atoms with Crippen LogP contribution in [-0.2, 0) is 0 Å². The average Bonchev–Trinajstić information content (AvgIpc) is 2.73. The molecular formula is C24H29F5OSi. The summed E-state index contributed by atoms with van der Waals surface area (Å²) in [6, 6.07) is 13.9. The molecule has 0 saturated carbocycles. The van der Waals surface area contributed by atoms with Crippen molar-refractivity contribution >= 4 is 8.80 Å². The molecule has 1 fully saturated rings. The third kappa shape index (κ3) is 6.79. The Morgan fingerprint density at radius 3 is 2.10 bits per heavy atom. The zero-order chi connectivity index (χ0) is 22.4. The number of hydrogen-bond donors (Lipinski definition) is 0. The molecule has 2 aromatic carbocycles. The quantitative estimate of drug-likeness (QED) is 0.223. The van der Waals surface area contributed by atoms with E-state index in [1.54, 1.807) is 0 Å². The standard InChI is InChI=1S/C24H29F5OSi/c1-2-3-4-11-31-12-9-19(10-13-31)17-5-7-18(8-6-17)20-14-21(25)23(22(26)15-20)30-16-24(27,28)29/h5-8,14-15,19,31H,2-4,9-13,16H2,1H3. The van der Waals surface area contributed by atoms with Gasteiger partial charge in [-0.15, -0.1) is 0 Å². The fourth-order valence-corrected chi connectivity index (χ4v) is 7.91. The van der Waals surface area contributed by atoms with Crippen molar-refractivity contribution in [2.75, 3.05) is 6.61 Å². The summed E-state index contributed by atoms with van der Waals surface area (Å²) in [5.74, 6) is -2.75. The van der Waals surface area contributed by atoms with Gasteiger partial charge in [0, 0.05) is 8.80 Å². The lowest BCUT2D eigenvalue weighted by Crippen LogP contribution is -2.20. The van der Waals surface area contributed by atoms with E-state index in [0.29, 0.717) is 11.5 Å². The van der Waals surface area contributed by atoms with E-state index >= 15 is 0 Å². The van der Waals surface area contributed by atoms with Crippen LogP contribution < -0.4 is 4.74 Å². The fourth-order valence-electron chi connectivity index (χ4n) is 4.43. The first-order valence-corrected chi connectivity index (χ1v) is 13.5. The molecule has 0 N–H and O–H groups in total. The van der Waals surface area contributed by atoms with Gasteiger partial charge in [0.1, 0.15) is 0 Å². The second-order valence-corrected chi connectivity index (χ2v) is 12.0. The average molecular weight is 457 g/mol. The Kier molecular flexibility index (Phi) is 8.14. The normalized spacial score (nSPS) is 19.4. The first-order chi connectivity index (χ1) is 14.8. The molecule has 31 heavy (non-hydrogen) atoms. The van der Waals surface area contributed by atoms with Crippen LogP contribution in [0.25, 0.3) is 11.1 Å². The van der Waals surface area contributed by atoms with Crippen LogP contribution in [0, 0.1) is 11.6 Å². The number of rotatable bonds is 8. The van der Waals surface area contributed by atoms with Crippen LogP contribution in [0.2, 0.25) is 18.1 Å². The van der Waals surface area contributed by atoms with E-state index in [1.165, 1.54) is 55.8 Å². The van der Waals surface area contributed by atoms with Crippen LogP contribution >= 0.6 is 0 Å². The molecule has 3 rings (SSSR count). The third-order valence-electron chi connectivity index (χ3n) is 6.16. The van der Waals surface area contributed by atoms with Crippen LogP contribution in [0.15, 0.2) is 36.4 Å². The van der Waals surface area contributed by atoms with E-state index in [4.69, 9.17) is 0 Å². The molecule has 0 bridgehead atoms. The Bertz CT molecular complexity index is 819. The first-order valence-electron chi connectivity index (χ1n) is 11.1. The van der Waals surface area contributed by atoms with Crippen molar-refractivity contribution in [1.82, 2.24) is 0 Å². The topological polar surface area (TPSA) is 9.23 Å².